The average Bonchev–Trinajstić information content (AvgIpc) is 3.01. The van der Waals surface area contributed by atoms with Gasteiger partial charge in [0.25, 0.3) is 0 Å². The van der Waals surface area contributed by atoms with Crippen LogP contribution < -0.4 is 10.6 Å². The lowest BCUT2D eigenvalue weighted by Crippen LogP contribution is -2.03. The van der Waals surface area contributed by atoms with Crippen LogP contribution in [-0.4, -0.2) is 15.9 Å². The van der Waals surface area contributed by atoms with Crippen LogP contribution in [-0.2, 0) is 17.6 Å². The van der Waals surface area contributed by atoms with Crippen LogP contribution in [0.3, 0.4) is 0 Å². The van der Waals surface area contributed by atoms with E-state index in [1.807, 2.05) is 30.3 Å². The van der Waals surface area contributed by atoms with Crippen LogP contribution in [0.5, 0.6) is 0 Å². The predicted molar refractivity (Wildman–Crippen MR) is 98.9 cm³/mol. The summed E-state index contributed by atoms with van der Waals surface area (Å²) < 4.78 is 0. The van der Waals surface area contributed by atoms with E-state index in [0.717, 1.165) is 34.5 Å². The molecule has 1 amide bonds. The second kappa shape index (κ2) is 6.36. The summed E-state index contributed by atoms with van der Waals surface area (Å²) in [5.74, 6) is 0.601. The molecule has 0 saturated carbocycles. The predicted octanol–water partition coefficient (Wildman–Crippen LogP) is 3.94. The molecule has 25 heavy (non-hydrogen) atoms. The highest BCUT2D eigenvalue weighted by Crippen LogP contribution is 2.29. The number of aromatic nitrogens is 2. The number of hydrogen-bond donors (Lipinski definition) is 2. The maximum atomic E-state index is 11.5. The SMILES string of the molecule is CCc1cccc(Nc2ncc(-c3ccc4c(c3)NC(=O)C4)cn2)c1. The minimum absolute atomic E-state index is 0.0391. The molecule has 2 N–H and O–H groups in total. The number of rotatable bonds is 4. The first-order chi connectivity index (χ1) is 12.2. The lowest BCUT2D eigenvalue weighted by molar-refractivity contribution is -0.115. The zero-order valence-corrected chi connectivity index (χ0v) is 13.9. The largest absolute Gasteiger partial charge is 0.326 e. The Labute approximate surface area is 146 Å². The van der Waals surface area contributed by atoms with E-state index in [0.29, 0.717) is 12.4 Å². The van der Waals surface area contributed by atoms with E-state index in [2.05, 4.69) is 39.7 Å². The Morgan fingerprint density at radius 3 is 2.72 bits per heavy atom. The van der Waals surface area contributed by atoms with Gasteiger partial charge in [0, 0.05) is 29.3 Å². The van der Waals surface area contributed by atoms with Gasteiger partial charge in [-0.15, -0.1) is 0 Å². The fourth-order valence-electron chi connectivity index (χ4n) is 2.93. The third-order valence-electron chi connectivity index (χ3n) is 4.31. The number of aryl methyl sites for hydroxylation is 1. The summed E-state index contributed by atoms with van der Waals surface area (Å²) >= 11 is 0. The molecule has 1 aromatic heterocycles. The summed E-state index contributed by atoms with van der Waals surface area (Å²) in [4.78, 5) is 20.3. The minimum Gasteiger partial charge on any atom is -0.326 e. The van der Waals surface area contributed by atoms with Crippen molar-refractivity contribution >= 4 is 23.2 Å². The molecule has 0 aliphatic carbocycles. The van der Waals surface area contributed by atoms with Crippen molar-refractivity contribution in [3.63, 3.8) is 0 Å². The molecule has 4 rings (SSSR count). The molecule has 2 heterocycles. The van der Waals surface area contributed by atoms with Crippen LogP contribution in [0.2, 0.25) is 0 Å². The van der Waals surface area contributed by atoms with Crippen LogP contribution >= 0.6 is 0 Å². The van der Waals surface area contributed by atoms with E-state index in [1.54, 1.807) is 12.4 Å². The first-order valence-electron chi connectivity index (χ1n) is 8.32. The Balaban J connectivity index is 1.54. The number of carbonyl (C=O) groups is 1. The molecule has 5 nitrogen and oxygen atoms in total. The van der Waals surface area contributed by atoms with Crippen LogP contribution in [0.25, 0.3) is 11.1 Å². The molecule has 0 fully saturated rings. The van der Waals surface area contributed by atoms with Gasteiger partial charge in [-0.05, 0) is 41.3 Å². The minimum atomic E-state index is 0.0391. The normalized spacial score (nSPS) is 12.6. The van der Waals surface area contributed by atoms with Crippen molar-refractivity contribution in [2.24, 2.45) is 0 Å². The molecule has 0 atom stereocenters. The van der Waals surface area contributed by atoms with Crippen molar-refractivity contribution in [1.29, 1.82) is 0 Å². The van der Waals surface area contributed by atoms with Crippen LogP contribution in [0.1, 0.15) is 18.1 Å². The summed E-state index contributed by atoms with van der Waals surface area (Å²) in [5, 5.41) is 6.10. The summed E-state index contributed by atoms with van der Waals surface area (Å²) in [6.07, 6.45) is 5.02. The van der Waals surface area contributed by atoms with Crippen molar-refractivity contribution in [1.82, 2.24) is 9.97 Å². The third-order valence-corrected chi connectivity index (χ3v) is 4.31. The van der Waals surface area contributed by atoms with E-state index >= 15 is 0 Å². The molecule has 0 unspecified atom stereocenters. The van der Waals surface area contributed by atoms with Gasteiger partial charge in [-0.3, -0.25) is 4.79 Å². The highest BCUT2D eigenvalue weighted by atomic mass is 16.1. The van der Waals surface area contributed by atoms with E-state index < -0.39 is 0 Å². The number of carbonyl (C=O) groups excluding carboxylic acids is 1. The molecule has 1 aliphatic rings. The molecule has 1 aliphatic heterocycles. The number of nitrogens with one attached hydrogen (secondary N) is 2. The fraction of sp³-hybridized carbons (Fsp3) is 0.150. The van der Waals surface area contributed by atoms with Gasteiger partial charge in [-0.1, -0.05) is 31.2 Å². The first kappa shape index (κ1) is 15.3. The monoisotopic (exact) mass is 330 g/mol. The van der Waals surface area contributed by atoms with Gasteiger partial charge in [0.15, 0.2) is 0 Å². The summed E-state index contributed by atoms with van der Waals surface area (Å²) in [6.45, 7) is 2.13. The van der Waals surface area contributed by atoms with E-state index in [4.69, 9.17) is 0 Å². The highest BCUT2D eigenvalue weighted by molar-refractivity contribution is 5.99. The molecular weight excluding hydrogens is 312 g/mol. The first-order valence-corrected chi connectivity index (χ1v) is 8.32. The quantitative estimate of drug-likeness (QED) is 0.760. The highest BCUT2D eigenvalue weighted by Gasteiger charge is 2.17. The van der Waals surface area contributed by atoms with Gasteiger partial charge in [0.2, 0.25) is 11.9 Å². The number of fused-ring (bicyclic) bond motifs is 1. The summed E-state index contributed by atoms with van der Waals surface area (Å²) in [6, 6.07) is 14.2. The molecule has 0 spiro atoms. The Hall–Kier alpha value is -3.21. The van der Waals surface area contributed by atoms with Crippen molar-refractivity contribution < 1.29 is 4.79 Å². The Morgan fingerprint density at radius 1 is 1.08 bits per heavy atom. The van der Waals surface area contributed by atoms with Gasteiger partial charge in [-0.25, -0.2) is 9.97 Å². The smallest absolute Gasteiger partial charge is 0.228 e. The molecule has 5 heteroatoms. The second-order valence-electron chi connectivity index (χ2n) is 6.07. The van der Waals surface area contributed by atoms with Gasteiger partial charge < -0.3 is 10.6 Å². The molecule has 0 radical (unpaired) electrons. The number of amides is 1. The maximum absolute atomic E-state index is 11.5. The molecule has 0 bridgehead atoms. The van der Waals surface area contributed by atoms with E-state index in [1.165, 1.54) is 5.56 Å². The maximum Gasteiger partial charge on any atom is 0.228 e. The van der Waals surface area contributed by atoms with Crippen LogP contribution in [0.15, 0.2) is 54.9 Å². The Bertz CT molecular complexity index is 935. The number of benzene rings is 2. The lowest BCUT2D eigenvalue weighted by atomic mass is 10.1. The standard InChI is InChI=1S/C20H18N4O/c1-2-13-4-3-5-17(8-13)23-20-21-11-16(12-22-20)14-6-7-15-10-19(25)24-18(15)9-14/h3-9,11-12H,2,10H2,1H3,(H,24,25)(H,21,22,23). The zero-order valence-electron chi connectivity index (χ0n) is 13.9. The number of anilines is 3. The molecule has 3 aromatic rings. The van der Waals surface area contributed by atoms with Crippen LogP contribution in [0.4, 0.5) is 17.3 Å². The molecular formula is C20H18N4O. The fourth-order valence-corrected chi connectivity index (χ4v) is 2.93. The summed E-state index contributed by atoms with van der Waals surface area (Å²) in [5.41, 5.74) is 6.05. The molecule has 124 valence electrons. The van der Waals surface area contributed by atoms with Crippen molar-refractivity contribution in [3.05, 3.63) is 66.0 Å². The lowest BCUT2D eigenvalue weighted by Gasteiger charge is -2.08. The third kappa shape index (κ3) is 3.21. The van der Waals surface area contributed by atoms with Crippen molar-refractivity contribution in [2.45, 2.75) is 19.8 Å². The Morgan fingerprint density at radius 2 is 1.92 bits per heavy atom. The molecule has 0 saturated heterocycles. The van der Waals surface area contributed by atoms with Gasteiger partial charge in [0.05, 0.1) is 6.42 Å². The van der Waals surface area contributed by atoms with Crippen molar-refractivity contribution in [2.75, 3.05) is 10.6 Å². The molecule has 2 aromatic carbocycles. The second-order valence-corrected chi connectivity index (χ2v) is 6.07. The Kier molecular flexibility index (Phi) is 3.90. The van der Waals surface area contributed by atoms with Gasteiger partial charge in [0.1, 0.15) is 0 Å². The zero-order chi connectivity index (χ0) is 17.2. The number of hydrogen-bond acceptors (Lipinski definition) is 4. The summed E-state index contributed by atoms with van der Waals surface area (Å²) in [7, 11) is 0. The van der Waals surface area contributed by atoms with E-state index in [-0.39, 0.29) is 5.91 Å². The van der Waals surface area contributed by atoms with Crippen LogP contribution in [0, 0.1) is 0 Å². The number of nitrogens with zero attached hydrogens (tertiary/aromatic N) is 2. The van der Waals surface area contributed by atoms with Gasteiger partial charge >= 0.3 is 0 Å². The van der Waals surface area contributed by atoms with Crippen molar-refractivity contribution in [3.8, 4) is 11.1 Å². The van der Waals surface area contributed by atoms with Gasteiger partial charge in [-0.2, -0.15) is 0 Å². The topological polar surface area (TPSA) is 66.9 Å². The average molecular weight is 330 g/mol. The van der Waals surface area contributed by atoms with E-state index in [9.17, 15) is 4.79 Å².